The molecule has 4 nitrogen and oxygen atoms in total. The number of nitrogen functional groups attached to an aromatic ring is 1. The molecule has 0 saturated carbocycles. The van der Waals surface area contributed by atoms with E-state index in [0.717, 1.165) is 22.3 Å². The van der Waals surface area contributed by atoms with Crippen LogP contribution in [0.4, 0.5) is 5.69 Å². The van der Waals surface area contributed by atoms with Gasteiger partial charge in [-0.15, -0.1) is 0 Å². The highest BCUT2D eigenvalue weighted by molar-refractivity contribution is 9.10. The topological polar surface area (TPSA) is 64.9 Å². The quantitative estimate of drug-likeness (QED) is 0.879. The third-order valence-electron chi connectivity index (χ3n) is 2.66. The average molecular weight is 296 g/mol. The van der Waals surface area contributed by atoms with Crippen LogP contribution in [-0.2, 0) is 0 Å². The molecule has 1 unspecified atom stereocenters. The lowest BCUT2D eigenvalue weighted by atomic mass is 10.1. The summed E-state index contributed by atoms with van der Waals surface area (Å²) in [7, 11) is 0. The van der Waals surface area contributed by atoms with Crippen LogP contribution < -0.4 is 5.73 Å². The first-order valence-electron chi connectivity index (χ1n) is 5.50. The number of anilines is 1. The molecule has 2 aromatic rings. The summed E-state index contributed by atoms with van der Waals surface area (Å²) in [5.74, 6) is 1.55. The molecule has 1 heterocycles. The number of hydrogen-bond donors (Lipinski definition) is 1. The Morgan fingerprint density at radius 1 is 1.41 bits per heavy atom. The predicted molar refractivity (Wildman–Crippen MR) is 70.6 cm³/mol. The molecule has 1 aromatic carbocycles. The van der Waals surface area contributed by atoms with Crippen LogP contribution in [0.15, 0.2) is 27.2 Å². The maximum absolute atomic E-state index is 5.77. The zero-order valence-corrected chi connectivity index (χ0v) is 11.4. The monoisotopic (exact) mass is 295 g/mol. The first-order valence-corrected chi connectivity index (χ1v) is 6.29. The minimum Gasteiger partial charge on any atom is -0.399 e. The Balaban J connectivity index is 2.36. The second-order valence-corrected chi connectivity index (χ2v) is 4.96. The van der Waals surface area contributed by atoms with Crippen molar-refractivity contribution in [1.82, 2.24) is 10.1 Å². The molecular formula is C12H14BrN3O. The van der Waals surface area contributed by atoms with Crippen molar-refractivity contribution in [3.8, 4) is 11.5 Å². The minimum atomic E-state index is 0.303. The molecular weight excluding hydrogens is 282 g/mol. The lowest BCUT2D eigenvalue weighted by molar-refractivity contribution is 0.416. The molecule has 0 spiro atoms. The lowest BCUT2D eigenvalue weighted by Gasteiger charge is -2.00. The Hall–Kier alpha value is -1.36. The number of hydrogen-bond acceptors (Lipinski definition) is 4. The van der Waals surface area contributed by atoms with E-state index in [9.17, 15) is 0 Å². The zero-order chi connectivity index (χ0) is 12.4. The Morgan fingerprint density at radius 2 is 2.18 bits per heavy atom. The molecule has 90 valence electrons. The van der Waals surface area contributed by atoms with Gasteiger partial charge in [0.2, 0.25) is 0 Å². The van der Waals surface area contributed by atoms with Gasteiger partial charge in [0.15, 0.2) is 5.82 Å². The SMILES string of the molecule is CCC(C)c1noc(-c2cc(N)cc(Br)c2)n1. The Bertz CT molecular complexity index is 504. The molecule has 0 aliphatic heterocycles. The highest BCUT2D eigenvalue weighted by atomic mass is 79.9. The van der Waals surface area contributed by atoms with Crippen LogP contribution in [0.2, 0.25) is 0 Å². The number of benzene rings is 1. The van der Waals surface area contributed by atoms with Crippen molar-refractivity contribution in [2.45, 2.75) is 26.2 Å². The van der Waals surface area contributed by atoms with Gasteiger partial charge in [0, 0.05) is 21.6 Å². The number of halogens is 1. The highest BCUT2D eigenvalue weighted by Gasteiger charge is 2.13. The molecule has 0 radical (unpaired) electrons. The van der Waals surface area contributed by atoms with E-state index in [4.69, 9.17) is 10.3 Å². The fourth-order valence-electron chi connectivity index (χ4n) is 1.47. The fraction of sp³-hybridized carbons (Fsp3) is 0.333. The van der Waals surface area contributed by atoms with Crippen molar-refractivity contribution >= 4 is 21.6 Å². The van der Waals surface area contributed by atoms with E-state index >= 15 is 0 Å². The second kappa shape index (κ2) is 4.87. The first kappa shape index (κ1) is 12.1. The van der Waals surface area contributed by atoms with E-state index in [0.29, 0.717) is 17.5 Å². The standard InChI is InChI=1S/C12H14BrN3O/c1-3-7(2)11-15-12(17-16-11)8-4-9(13)6-10(14)5-8/h4-7H,3,14H2,1-2H3. The molecule has 0 fully saturated rings. The van der Waals surface area contributed by atoms with Crippen LogP contribution in [0.3, 0.4) is 0 Å². The number of rotatable bonds is 3. The van der Waals surface area contributed by atoms with Crippen molar-refractivity contribution in [3.63, 3.8) is 0 Å². The largest absolute Gasteiger partial charge is 0.399 e. The summed E-state index contributed by atoms with van der Waals surface area (Å²) >= 11 is 3.39. The van der Waals surface area contributed by atoms with Gasteiger partial charge in [-0.2, -0.15) is 4.98 Å². The first-order chi connectivity index (χ1) is 8.10. The van der Waals surface area contributed by atoms with Crippen molar-refractivity contribution < 1.29 is 4.52 Å². The summed E-state index contributed by atoms with van der Waals surface area (Å²) in [5, 5.41) is 3.98. The van der Waals surface area contributed by atoms with Gasteiger partial charge in [0.25, 0.3) is 5.89 Å². The van der Waals surface area contributed by atoms with E-state index in [1.54, 1.807) is 0 Å². The molecule has 17 heavy (non-hydrogen) atoms. The molecule has 5 heteroatoms. The summed E-state index contributed by atoms with van der Waals surface area (Å²) in [6.07, 6.45) is 0.986. The average Bonchev–Trinajstić information content (AvgIpc) is 2.76. The van der Waals surface area contributed by atoms with Crippen LogP contribution in [0.25, 0.3) is 11.5 Å². The molecule has 0 aliphatic rings. The third kappa shape index (κ3) is 2.66. The van der Waals surface area contributed by atoms with E-state index in [1.165, 1.54) is 0 Å². The Kier molecular flexibility index (Phi) is 3.47. The molecule has 0 aliphatic carbocycles. The van der Waals surface area contributed by atoms with Gasteiger partial charge in [0.1, 0.15) is 0 Å². The smallest absolute Gasteiger partial charge is 0.258 e. The van der Waals surface area contributed by atoms with Crippen molar-refractivity contribution in [1.29, 1.82) is 0 Å². The van der Waals surface area contributed by atoms with Gasteiger partial charge in [-0.05, 0) is 24.6 Å². The predicted octanol–water partition coefficient (Wildman–Crippen LogP) is 3.59. The highest BCUT2D eigenvalue weighted by Crippen LogP contribution is 2.26. The normalized spacial score (nSPS) is 12.6. The lowest BCUT2D eigenvalue weighted by Crippen LogP contribution is -1.93. The second-order valence-electron chi connectivity index (χ2n) is 4.04. The molecule has 0 amide bonds. The van der Waals surface area contributed by atoms with Gasteiger partial charge < -0.3 is 10.3 Å². The van der Waals surface area contributed by atoms with E-state index < -0.39 is 0 Å². The van der Waals surface area contributed by atoms with Gasteiger partial charge in [0.05, 0.1) is 0 Å². The molecule has 1 atom stereocenters. The maximum Gasteiger partial charge on any atom is 0.258 e. The summed E-state index contributed by atoms with van der Waals surface area (Å²) in [5.41, 5.74) is 7.27. The van der Waals surface area contributed by atoms with Gasteiger partial charge in [-0.3, -0.25) is 0 Å². The van der Waals surface area contributed by atoms with Crippen LogP contribution in [0.5, 0.6) is 0 Å². The summed E-state index contributed by atoms with van der Waals surface area (Å²) in [6.45, 7) is 4.17. The van der Waals surface area contributed by atoms with Crippen molar-refractivity contribution in [2.24, 2.45) is 0 Å². The van der Waals surface area contributed by atoms with Crippen LogP contribution in [0.1, 0.15) is 32.0 Å². The third-order valence-corrected chi connectivity index (χ3v) is 3.12. The molecule has 1 aromatic heterocycles. The van der Waals surface area contributed by atoms with Crippen LogP contribution in [0, 0.1) is 0 Å². The fourth-order valence-corrected chi connectivity index (χ4v) is 1.98. The summed E-state index contributed by atoms with van der Waals surface area (Å²) < 4.78 is 6.15. The zero-order valence-electron chi connectivity index (χ0n) is 9.77. The Morgan fingerprint density at radius 3 is 2.82 bits per heavy atom. The molecule has 0 bridgehead atoms. The van der Waals surface area contributed by atoms with Gasteiger partial charge in [-0.1, -0.05) is 34.9 Å². The van der Waals surface area contributed by atoms with Crippen LogP contribution in [-0.4, -0.2) is 10.1 Å². The van der Waals surface area contributed by atoms with Gasteiger partial charge in [-0.25, -0.2) is 0 Å². The van der Waals surface area contributed by atoms with E-state index in [-0.39, 0.29) is 0 Å². The van der Waals surface area contributed by atoms with Crippen molar-refractivity contribution in [2.75, 3.05) is 5.73 Å². The number of aromatic nitrogens is 2. The van der Waals surface area contributed by atoms with Crippen molar-refractivity contribution in [3.05, 3.63) is 28.5 Å². The molecule has 2 rings (SSSR count). The molecule has 0 saturated heterocycles. The van der Waals surface area contributed by atoms with Crippen LogP contribution >= 0.6 is 15.9 Å². The maximum atomic E-state index is 5.77. The number of nitrogens with two attached hydrogens (primary N) is 1. The molecule has 2 N–H and O–H groups in total. The summed E-state index contributed by atoms with van der Waals surface area (Å²) in [4.78, 5) is 4.38. The van der Waals surface area contributed by atoms with E-state index in [1.807, 2.05) is 18.2 Å². The minimum absolute atomic E-state index is 0.303. The Labute approximate surface area is 108 Å². The summed E-state index contributed by atoms with van der Waals surface area (Å²) in [6, 6.07) is 5.55. The van der Waals surface area contributed by atoms with Gasteiger partial charge >= 0.3 is 0 Å². The number of nitrogens with zero attached hydrogens (tertiary/aromatic N) is 2. The van der Waals surface area contributed by atoms with E-state index in [2.05, 4.69) is 39.9 Å².